The summed E-state index contributed by atoms with van der Waals surface area (Å²) in [5.74, 6) is 1.67. The molecule has 1 N–H and O–H groups in total. The third kappa shape index (κ3) is 3.43. The number of piperidine rings is 1. The first-order valence-corrected chi connectivity index (χ1v) is 9.00. The molecule has 0 unspecified atom stereocenters. The van der Waals surface area contributed by atoms with Gasteiger partial charge in [-0.1, -0.05) is 11.6 Å². The number of anilines is 2. The molecule has 3 heterocycles. The van der Waals surface area contributed by atoms with Gasteiger partial charge in [0.05, 0.1) is 23.1 Å². The Bertz CT molecular complexity index is 697. The van der Waals surface area contributed by atoms with Crippen molar-refractivity contribution in [3.8, 4) is 0 Å². The largest absolute Gasteiger partial charge is 0.355 e. The van der Waals surface area contributed by atoms with E-state index in [1.165, 1.54) is 24.1 Å². The van der Waals surface area contributed by atoms with Crippen LogP contribution < -0.4 is 10.2 Å². The molecule has 1 aliphatic heterocycles. The zero-order valence-electron chi connectivity index (χ0n) is 13.6. The van der Waals surface area contributed by atoms with Crippen LogP contribution in [-0.2, 0) is 12.8 Å². The maximum Gasteiger partial charge on any atom is 0.222 e. The molecule has 4 rings (SSSR count). The Balaban J connectivity index is 1.36. The van der Waals surface area contributed by atoms with E-state index < -0.39 is 0 Å². The number of hydrogen-bond acceptors (Lipinski definition) is 6. The predicted molar refractivity (Wildman–Crippen MR) is 94.6 cm³/mol. The lowest BCUT2D eigenvalue weighted by Gasteiger charge is -2.33. The second kappa shape index (κ2) is 6.89. The van der Waals surface area contributed by atoms with Crippen LogP contribution >= 0.6 is 11.6 Å². The standard InChI is InChI=1S/C17H21ClN6/c18-13-10-19-17(20-11-13)21-14-5-7-24(8-6-14)16-9-12-3-1-2-4-15(12)22-23-16/h9-11,14H,1-8H2,(H,19,20,21). The molecule has 24 heavy (non-hydrogen) atoms. The maximum absolute atomic E-state index is 5.82. The van der Waals surface area contributed by atoms with E-state index in [0.717, 1.165) is 44.6 Å². The van der Waals surface area contributed by atoms with Crippen LogP contribution in [-0.4, -0.2) is 39.3 Å². The van der Waals surface area contributed by atoms with Crippen molar-refractivity contribution in [2.75, 3.05) is 23.3 Å². The summed E-state index contributed by atoms with van der Waals surface area (Å²) < 4.78 is 0. The van der Waals surface area contributed by atoms with Crippen LogP contribution in [0.5, 0.6) is 0 Å². The van der Waals surface area contributed by atoms with Crippen molar-refractivity contribution in [2.45, 2.75) is 44.6 Å². The SMILES string of the molecule is Clc1cnc(NC2CCN(c3cc4c(nn3)CCCC4)CC2)nc1. The van der Waals surface area contributed by atoms with Crippen LogP contribution in [0.25, 0.3) is 0 Å². The lowest BCUT2D eigenvalue weighted by atomic mass is 9.96. The van der Waals surface area contributed by atoms with Gasteiger partial charge in [-0.05, 0) is 50.2 Å². The van der Waals surface area contributed by atoms with Gasteiger partial charge in [0.25, 0.3) is 0 Å². The summed E-state index contributed by atoms with van der Waals surface area (Å²) in [5.41, 5.74) is 2.59. The Morgan fingerprint density at radius 1 is 1.04 bits per heavy atom. The summed E-state index contributed by atoms with van der Waals surface area (Å²) in [6.07, 6.45) is 10.0. The van der Waals surface area contributed by atoms with Gasteiger partial charge in [0.1, 0.15) is 0 Å². The monoisotopic (exact) mass is 344 g/mol. The molecule has 0 spiro atoms. The van der Waals surface area contributed by atoms with E-state index in [-0.39, 0.29) is 0 Å². The smallest absolute Gasteiger partial charge is 0.222 e. The highest BCUT2D eigenvalue weighted by Gasteiger charge is 2.22. The molecule has 1 saturated heterocycles. The number of aryl methyl sites for hydroxylation is 2. The Hall–Kier alpha value is -1.95. The van der Waals surface area contributed by atoms with E-state index in [1.54, 1.807) is 12.4 Å². The maximum atomic E-state index is 5.82. The highest BCUT2D eigenvalue weighted by Crippen LogP contribution is 2.24. The molecule has 0 aromatic carbocycles. The lowest BCUT2D eigenvalue weighted by Crippen LogP contribution is -2.40. The van der Waals surface area contributed by atoms with E-state index in [0.29, 0.717) is 17.0 Å². The summed E-state index contributed by atoms with van der Waals surface area (Å²) in [6.45, 7) is 1.94. The highest BCUT2D eigenvalue weighted by atomic mass is 35.5. The van der Waals surface area contributed by atoms with E-state index >= 15 is 0 Å². The number of hydrogen-bond donors (Lipinski definition) is 1. The molecule has 6 nitrogen and oxygen atoms in total. The molecule has 0 atom stereocenters. The van der Waals surface area contributed by atoms with Crippen molar-refractivity contribution in [1.29, 1.82) is 0 Å². The molecular formula is C17H21ClN6. The first-order chi connectivity index (χ1) is 11.8. The molecular weight excluding hydrogens is 324 g/mol. The van der Waals surface area contributed by atoms with Gasteiger partial charge in [-0.2, -0.15) is 5.10 Å². The van der Waals surface area contributed by atoms with E-state index in [1.807, 2.05) is 0 Å². The number of rotatable bonds is 3. The van der Waals surface area contributed by atoms with Crippen molar-refractivity contribution < 1.29 is 0 Å². The molecule has 7 heteroatoms. The number of halogens is 1. The fourth-order valence-electron chi connectivity index (χ4n) is 3.46. The molecule has 1 fully saturated rings. The minimum atomic E-state index is 0.382. The van der Waals surface area contributed by atoms with Crippen molar-refractivity contribution in [2.24, 2.45) is 0 Å². The second-order valence-electron chi connectivity index (χ2n) is 6.51. The van der Waals surface area contributed by atoms with Crippen LogP contribution in [0.4, 0.5) is 11.8 Å². The van der Waals surface area contributed by atoms with Crippen molar-refractivity contribution in [1.82, 2.24) is 20.2 Å². The van der Waals surface area contributed by atoms with Gasteiger partial charge in [-0.3, -0.25) is 0 Å². The van der Waals surface area contributed by atoms with Crippen LogP contribution in [0, 0.1) is 0 Å². The molecule has 0 radical (unpaired) electrons. The highest BCUT2D eigenvalue weighted by molar-refractivity contribution is 6.30. The fourth-order valence-corrected chi connectivity index (χ4v) is 3.55. The van der Waals surface area contributed by atoms with Crippen molar-refractivity contribution in [3.05, 3.63) is 34.7 Å². The molecule has 126 valence electrons. The summed E-state index contributed by atoms with van der Waals surface area (Å²) in [6, 6.07) is 2.63. The molecule has 2 aromatic rings. The van der Waals surface area contributed by atoms with Gasteiger partial charge in [0.2, 0.25) is 5.95 Å². The number of nitrogens with zero attached hydrogens (tertiary/aromatic N) is 5. The summed E-state index contributed by atoms with van der Waals surface area (Å²) in [7, 11) is 0. The Morgan fingerprint density at radius 2 is 1.79 bits per heavy atom. The zero-order valence-corrected chi connectivity index (χ0v) is 14.3. The van der Waals surface area contributed by atoms with Gasteiger partial charge in [0.15, 0.2) is 5.82 Å². The van der Waals surface area contributed by atoms with Crippen molar-refractivity contribution >= 4 is 23.4 Å². The summed E-state index contributed by atoms with van der Waals surface area (Å²) >= 11 is 5.82. The van der Waals surface area contributed by atoms with E-state index in [4.69, 9.17) is 11.6 Å². The van der Waals surface area contributed by atoms with Crippen LogP contribution in [0.2, 0.25) is 5.02 Å². The normalized spacial score (nSPS) is 18.3. The van der Waals surface area contributed by atoms with Gasteiger partial charge in [-0.25, -0.2) is 9.97 Å². The number of nitrogens with one attached hydrogen (secondary N) is 1. The molecule has 2 aliphatic rings. The van der Waals surface area contributed by atoms with Gasteiger partial charge < -0.3 is 10.2 Å². The quantitative estimate of drug-likeness (QED) is 0.923. The van der Waals surface area contributed by atoms with Crippen LogP contribution in [0.3, 0.4) is 0 Å². The number of aromatic nitrogens is 4. The minimum absolute atomic E-state index is 0.382. The number of fused-ring (bicyclic) bond motifs is 1. The zero-order chi connectivity index (χ0) is 16.4. The summed E-state index contributed by atoms with van der Waals surface area (Å²) in [5, 5.41) is 12.8. The predicted octanol–water partition coefficient (Wildman–Crippen LogP) is 2.88. The van der Waals surface area contributed by atoms with Crippen LogP contribution in [0.1, 0.15) is 36.9 Å². The van der Waals surface area contributed by atoms with E-state index in [2.05, 4.69) is 36.4 Å². The first-order valence-electron chi connectivity index (χ1n) is 8.62. The third-order valence-corrected chi connectivity index (χ3v) is 5.02. The Labute approximate surface area is 146 Å². The van der Waals surface area contributed by atoms with E-state index in [9.17, 15) is 0 Å². The van der Waals surface area contributed by atoms with Gasteiger partial charge in [0, 0.05) is 19.1 Å². The second-order valence-corrected chi connectivity index (χ2v) is 6.95. The molecule has 1 aliphatic carbocycles. The molecule has 0 saturated carbocycles. The van der Waals surface area contributed by atoms with Gasteiger partial charge >= 0.3 is 0 Å². The van der Waals surface area contributed by atoms with Crippen LogP contribution in [0.15, 0.2) is 18.5 Å². The summed E-state index contributed by atoms with van der Waals surface area (Å²) in [4.78, 5) is 10.8. The molecule has 2 aromatic heterocycles. The average Bonchev–Trinajstić information content (AvgIpc) is 2.64. The Morgan fingerprint density at radius 3 is 2.58 bits per heavy atom. The topological polar surface area (TPSA) is 66.8 Å². The van der Waals surface area contributed by atoms with Crippen molar-refractivity contribution in [3.63, 3.8) is 0 Å². The molecule has 0 bridgehead atoms. The lowest BCUT2D eigenvalue weighted by molar-refractivity contribution is 0.518. The van der Waals surface area contributed by atoms with Gasteiger partial charge in [-0.15, -0.1) is 5.10 Å². The minimum Gasteiger partial charge on any atom is -0.355 e. The Kier molecular flexibility index (Phi) is 4.47. The third-order valence-electron chi connectivity index (χ3n) is 4.83. The fraction of sp³-hybridized carbons (Fsp3) is 0.529. The average molecular weight is 345 g/mol. The first kappa shape index (κ1) is 15.6. The molecule has 0 amide bonds.